The summed E-state index contributed by atoms with van der Waals surface area (Å²) in [6.07, 6.45) is 9.03. The van der Waals surface area contributed by atoms with Gasteiger partial charge in [-0.1, -0.05) is 20.3 Å². The summed E-state index contributed by atoms with van der Waals surface area (Å²) in [6, 6.07) is 1.38. The third-order valence-corrected chi connectivity index (χ3v) is 4.17. The lowest BCUT2D eigenvalue weighted by molar-refractivity contribution is 0.124. The summed E-state index contributed by atoms with van der Waals surface area (Å²) >= 11 is 0. The average Bonchev–Trinajstić information content (AvgIpc) is 2.83. The molecule has 1 aromatic heterocycles. The molecule has 4 nitrogen and oxygen atoms in total. The van der Waals surface area contributed by atoms with Gasteiger partial charge in [-0.25, -0.2) is 0 Å². The van der Waals surface area contributed by atoms with Gasteiger partial charge >= 0.3 is 0 Å². The number of nitrogens with zero attached hydrogens (tertiary/aromatic N) is 3. The minimum atomic E-state index is 0.682. The first-order valence-corrected chi connectivity index (χ1v) is 7.67. The van der Waals surface area contributed by atoms with E-state index in [1.807, 2.05) is 17.9 Å². The first-order valence-electron chi connectivity index (χ1n) is 7.67. The molecule has 0 aromatic carbocycles. The Morgan fingerprint density at radius 1 is 1.42 bits per heavy atom. The molecular formula is C15H28N4. The molecular weight excluding hydrogens is 236 g/mol. The lowest BCUT2D eigenvalue weighted by atomic mass is 10.0. The molecule has 0 aliphatic carbocycles. The van der Waals surface area contributed by atoms with E-state index in [0.717, 1.165) is 19.5 Å². The van der Waals surface area contributed by atoms with E-state index >= 15 is 0 Å². The fourth-order valence-corrected chi connectivity index (χ4v) is 3.02. The van der Waals surface area contributed by atoms with Crippen molar-refractivity contribution in [2.75, 3.05) is 19.6 Å². The van der Waals surface area contributed by atoms with E-state index in [9.17, 15) is 0 Å². The molecule has 1 aliphatic heterocycles. The predicted octanol–water partition coefficient (Wildman–Crippen LogP) is 1.82. The first kappa shape index (κ1) is 14.5. The maximum Gasteiger partial charge on any atom is 0.0522 e. The van der Waals surface area contributed by atoms with Gasteiger partial charge < -0.3 is 5.32 Å². The Morgan fingerprint density at radius 3 is 2.89 bits per heavy atom. The van der Waals surface area contributed by atoms with Crippen molar-refractivity contribution < 1.29 is 0 Å². The average molecular weight is 264 g/mol. The predicted molar refractivity (Wildman–Crippen MR) is 79.3 cm³/mol. The van der Waals surface area contributed by atoms with Gasteiger partial charge in [-0.15, -0.1) is 0 Å². The van der Waals surface area contributed by atoms with Gasteiger partial charge in [-0.3, -0.25) is 9.58 Å². The number of rotatable bonds is 6. The molecule has 1 aliphatic rings. The second kappa shape index (κ2) is 7.06. The molecule has 2 heterocycles. The van der Waals surface area contributed by atoms with E-state index < -0.39 is 0 Å². The Kier molecular flexibility index (Phi) is 5.40. The molecule has 2 unspecified atom stereocenters. The zero-order valence-corrected chi connectivity index (χ0v) is 12.6. The van der Waals surface area contributed by atoms with Crippen LogP contribution in [0.3, 0.4) is 0 Å². The summed E-state index contributed by atoms with van der Waals surface area (Å²) < 4.78 is 1.89. The van der Waals surface area contributed by atoms with E-state index in [4.69, 9.17) is 0 Å². The third kappa shape index (κ3) is 4.05. The lowest BCUT2D eigenvalue weighted by Crippen LogP contribution is -2.56. The number of aromatic nitrogens is 2. The zero-order chi connectivity index (χ0) is 13.7. The number of piperazine rings is 1. The van der Waals surface area contributed by atoms with Crippen molar-refractivity contribution in [1.82, 2.24) is 20.0 Å². The minimum absolute atomic E-state index is 0.682. The Labute approximate surface area is 117 Å². The van der Waals surface area contributed by atoms with Crippen LogP contribution in [-0.4, -0.2) is 46.4 Å². The Morgan fingerprint density at radius 2 is 2.26 bits per heavy atom. The van der Waals surface area contributed by atoms with Gasteiger partial charge in [0.05, 0.1) is 6.20 Å². The molecule has 0 saturated carbocycles. The molecule has 1 aromatic rings. The number of hydrogen-bond donors (Lipinski definition) is 1. The molecule has 0 bridgehead atoms. The molecule has 19 heavy (non-hydrogen) atoms. The Hall–Kier alpha value is -0.870. The van der Waals surface area contributed by atoms with Crippen molar-refractivity contribution >= 4 is 0 Å². The second-order valence-electron chi connectivity index (χ2n) is 5.72. The van der Waals surface area contributed by atoms with Crippen LogP contribution in [0.4, 0.5) is 0 Å². The maximum atomic E-state index is 4.25. The van der Waals surface area contributed by atoms with E-state index in [-0.39, 0.29) is 0 Å². The van der Waals surface area contributed by atoms with E-state index in [1.165, 1.54) is 31.4 Å². The van der Waals surface area contributed by atoms with Crippen molar-refractivity contribution in [3.8, 4) is 0 Å². The summed E-state index contributed by atoms with van der Waals surface area (Å²) in [5, 5.41) is 7.94. The molecule has 0 amide bonds. The minimum Gasteiger partial charge on any atom is -0.311 e. The van der Waals surface area contributed by atoms with Crippen LogP contribution in [0.15, 0.2) is 12.4 Å². The fourth-order valence-electron chi connectivity index (χ4n) is 3.02. The van der Waals surface area contributed by atoms with Crippen LogP contribution < -0.4 is 5.32 Å². The van der Waals surface area contributed by atoms with Gasteiger partial charge in [0.1, 0.15) is 0 Å². The molecule has 2 atom stereocenters. The molecule has 4 heteroatoms. The van der Waals surface area contributed by atoms with Crippen LogP contribution in [0.5, 0.6) is 0 Å². The smallest absolute Gasteiger partial charge is 0.0522 e. The standard InChI is InChI=1S/C15H28N4/c1-4-6-14-12-19(15(5-2)10-16-14)8-7-13-9-17-18(3)11-13/h9,11,14-16H,4-8,10,12H2,1-3H3. The number of nitrogens with one attached hydrogen (secondary N) is 1. The summed E-state index contributed by atoms with van der Waals surface area (Å²) in [5.41, 5.74) is 1.35. The van der Waals surface area contributed by atoms with Crippen LogP contribution in [0.2, 0.25) is 0 Å². The van der Waals surface area contributed by atoms with Crippen LogP contribution in [0.25, 0.3) is 0 Å². The van der Waals surface area contributed by atoms with Crippen molar-refractivity contribution in [3.05, 3.63) is 18.0 Å². The number of aryl methyl sites for hydroxylation is 1. The first-order chi connectivity index (χ1) is 9.22. The molecule has 1 fully saturated rings. The highest BCUT2D eigenvalue weighted by atomic mass is 15.2. The van der Waals surface area contributed by atoms with Crippen molar-refractivity contribution in [2.24, 2.45) is 7.05 Å². The van der Waals surface area contributed by atoms with Gasteiger partial charge in [0.2, 0.25) is 0 Å². The quantitative estimate of drug-likeness (QED) is 0.851. The van der Waals surface area contributed by atoms with Crippen LogP contribution >= 0.6 is 0 Å². The lowest BCUT2D eigenvalue weighted by Gasteiger charge is -2.40. The highest BCUT2D eigenvalue weighted by Gasteiger charge is 2.25. The van der Waals surface area contributed by atoms with Gasteiger partial charge in [-0.2, -0.15) is 5.10 Å². The van der Waals surface area contributed by atoms with E-state index in [1.54, 1.807) is 0 Å². The van der Waals surface area contributed by atoms with E-state index in [0.29, 0.717) is 12.1 Å². The molecule has 0 radical (unpaired) electrons. The van der Waals surface area contributed by atoms with Crippen LogP contribution in [0.1, 0.15) is 38.7 Å². The monoisotopic (exact) mass is 264 g/mol. The molecule has 1 N–H and O–H groups in total. The fraction of sp³-hybridized carbons (Fsp3) is 0.800. The van der Waals surface area contributed by atoms with E-state index in [2.05, 4.69) is 35.4 Å². The van der Waals surface area contributed by atoms with Gasteiger partial charge in [-0.05, 0) is 24.8 Å². The highest BCUT2D eigenvalue weighted by molar-refractivity contribution is 5.04. The Bertz CT molecular complexity index is 374. The van der Waals surface area contributed by atoms with Crippen molar-refractivity contribution in [2.45, 2.75) is 51.6 Å². The summed E-state index contributed by atoms with van der Waals surface area (Å²) in [7, 11) is 1.99. The summed E-state index contributed by atoms with van der Waals surface area (Å²) in [5.74, 6) is 0. The van der Waals surface area contributed by atoms with Gasteiger partial charge in [0.25, 0.3) is 0 Å². The third-order valence-electron chi connectivity index (χ3n) is 4.17. The molecule has 2 rings (SSSR count). The van der Waals surface area contributed by atoms with Crippen molar-refractivity contribution in [1.29, 1.82) is 0 Å². The molecule has 0 spiro atoms. The normalized spacial score (nSPS) is 24.8. The SMILES string of the molecule is CCCC1CN(CCc2cnn(C)c2)C(CC)CN1. The van der Waals surface area contributed by atoms with Gasteiger partial charge in [0, 0.05) is 45.0 Å². The summed E-state index contributed by atoms with van der Waals surface area (Å²) in [6.45, 7) is 8.07. The van der Waals surface area contributed by atoms with Crippen molar-refractivity contribution in [3.63, 3.8) is 0 Å². The second-order valence-corrected chi connectivity index (χ2v) is 5.72. The zero-order valence-electron chi connectivity index (χ0n) is 12.6. The summed E-state index contributed by atoms with van der Waals surface area (Å²) in [4.78, 5) is 2.67. The maximum absolute atomic E-state index is 4.25. The largest absolute Gasteiger partial charge is 0.311 e. The van der Waals surface area contributed by atoms with Gasteiger partial charge in [0.15, 0.2) is 0 Å². The van der Waals surface area contributed by atoms with Crippen LogP contribution in [0, 0.1) is 0 Å². The molecule has 108 valence electrons. The van der Waals surface area contributed by atoms with Crippen LogP contribution in [-0.2, 0) is 13.5 Å². The highest BCUT2D eigenvalue weighted by Crippen LogP contribution is 2.14. The number of hydrogen-bond acceptors (Lipinski definition) is 3. The topological polar surface area (TPSA) is 33.1 Å². The molecule has 1 saturated heterocycles. The Balaban J connectivity index is 1.87.